The van der Waals surface area contributed by atoms with Gasteiger partial charge >= 0.3 is 0 Å². The summed E-state index contributed by atoms with van der Waals surface area (Å²) in [5.41, 5.74) is 5.79. The van der Waals surface area contributed by atoms with E-state index in [1.165, 1.54) is 25.7 Å². The minimum Gasteiger partial charge on any atom is -0.354 e. The maximum Gasteiger partial charge on any atom is 0.237 e. The summed E-state index contributed by atoms with van der Waals surface area (Å²) in [5.74, 6) is 1.75. The molecule has 1 aliphatic rings. The minimum absolute atomic E-state index is 0.00798. The molecule has 1 rings (SSSR count). The van der Waals surface area contributed by atoms with Gasteiger partial charge in [-0.05, 0) is 30.6 Å². The SMILES string of the molecule is CC1CCC(CNC(=O)[C@H](N)C(C)C)CC1. The Kier molecular flexibility index (Phi) is 5.26. The van der Waals surface area contributed by atoms with Crippen LogP contribution in [-0.2, 0) is 4.79 Å². The maximum absolute atomic E-state index is 11.7. The van der Waals surface area contributed by atoms with E-state index in [0.717, 1.165) is 12.5 Å². The first-order valence-electron chi connectivity index (χ1n) is 6.54. The van der Waals surface area contributed by atoms with Crippen LogP contribution in [0.25, 0.3) is 0 Å². The fourth-order valence-electron chi connectivity index (χ4n) is 2.20. The van der Waals surface area contributed by atoms with Crippen molar-refractivity contribution in [2.45, 2.75) is 52.5 Å². The van der Waals surface area contributed by atoms with Crippen LogP contribution >= 0.6 is 0 Å². The van der Waals surface area contributed by atoms with Gasteiger partial charge in [0, 0.05) is 6.54 Å². The minimum atomic E-state index is -0.359. The van der Waals surface area contributed by atoms with E-state index in [2.05, 4.69) is 12.2 Å². The summed E-state index contributed by atoms with van der Waals surface area (Å²) in [5, 5.41) is 2.98. The fraction of sp³-hybridized carbons (Fsp3) is 0.923. The predicted octanol–water partition coefficient (Wildman–Crippen LogP) is 1.91. The van der Waals surface area contributed by atoms with Crippen LogP contribution in [0.4, 0.5) is 0 Å². The second-order valence-corrected chi connectivity index (χ2v) is 5.64. The molecule has 3 N–H and O–H groups in total. The lowest BCUT2D eigenvalue weighted by molar-refractivity contribution is -0.123. The highest BCUT2D eigenvalue weighted by molar-refractivity contribution is 5.81. The Balaban J connectivity index is 2.22. The maximum atomic E-state index is 11.7. The lowest BCUT2D eigenvalue weighted by atomic mass is 9.83. The Labute approximate surface area is 99.2 Å². The number of hydrogen-bond acceptors (Lipinski definition) is 2. The van der Waals surface area contributed by atoms with Crippen molar-refractivity contribution in [3.05, 3.63) is 0 Å². The van der Waals surface area contributed by atoms with Gasteiger partial charge in [-0.2, -0.15) is 0 Å². The Hall–Kier alpha value is -0.570. The first-order chi connectivity index (χ1) is 7.50. The molecule has 0 aromatic carbocycles. The number of amides is 1. The molecule has 3 heteroatoms. The van der Waals surface area contributed by atoms with E-state index < -0.39 is 0 Å². The number of carbonyl (C=O) groups excluding carboxylic acids is 1. The summed E-state index contributed by atoms with van der Waals surface area (Å²) < 4.78 is 0. The standard InChI is InChI=1S/C13H26N2O/c1-9(2)12(14)13(16)15-8-11-6-4-10(3)5-7-11/h9-12H,4-8,14H2,1-3H3,(H,15,16)/t10?,11?,12-/m1/s1. The van der Waals surface area contributed by atoms with Crippen molar-refractivity contribution in [2.75, 3.05) is 6.54 Å². The Bertz CT molecular complexity index is 220. The highest BCUT2D eigenvalue weighted by atomic mass is 16.2. The lowest BCUT2D eigenvalue weighted by Gasteiger charge is -2.27. The average Bonchev–Trinajstić information content (AvgIpc) is 2.26. The van der Waals surface area contributed by atoms with Gasteiger partial charge < -0.3 is 11.1 Å². The summed E-state index contributed by atoms with van der Waals surface area (Å²) in [6.45, 7) is 7.08. The molecule has 1 aliphatic carbocycles. The van der Waals surface area contributed by atoms with Gasteiger partial charge in [0.15, 0.2) is 0 Å². The van der Waals surface area contributed by atoms with Gasteiger partial charge in [-0.1, -0.05) is 33.6 Å². The molecular weight excluding hydrogens is 200 g/mol. The monoisotopic (exact) mass is 226 g/mol. The molecule has 0 unspecified atom stereocenters. The highest BCUT2D eigenvalue weighted by Crippen LogP contribution is 2.27. The molecule has 0 saturated heterocycles. The van der Waals surface area contributed by atoms with Crippen LogP contribution in [0.2, 0.25) is 0 Å². The van der Waals surface area contributed by atoms with Gasteiger partial charge in [0.25, 0.3) is 0 Å². The average molecular weight is 226 g/mol. The third-order valence-corrected chi connectivity index (χ3v) is 3.72. The molecule has 0 aromatic rings. The van der Waals surface area contributed by atoms with E-state index in [4.69, 9.17) is 5.73 Å². The topological polar surface area (TPSA) is 55.1 Å². The molecule has 1 amide bonds. The van der Waals surface area contributed by atoms with Crippen LogP contribution in [0, 0.1) is 17.8 Å². The Morgan fingerprint density at radius 3 is 2.38 bits per heavy atom. The van der Waals surface area contributed by atoms with Gasteiger partial charge in [0.1, 0.15) is 0 Å². The van der Waals surface area contributed by atoms with Gasteiger partial charge in [-0.25, -0.2) is 0 Å². The third-order valence-electron chi connectivity index (χ3n) is 3.72. The summed E-state index contributed by atoms with van der Waals surface area (Å²) in [6.07, 6.45) is 5.10. The van der Waals surface area contributed by atoms with Crippen molar-refractivity contribution in [1.29, 1.82) is 0 Å². The van der Waals surface area contributed by atoms with Gasteiger partial charge in [-0.3, -0.25) is 4.79 Å². The van der Waals surface area contributed by atoms with Crippen molar-refractivity contribution < 1.29 is 4.79 Å². The number of nitrogens with one attached hydrogen (secondary N) is 1. The van der Waals surface area contributed by atoms with Gasteiger partial charge in [-0.15, -0.1) is 0 Å². The first kappa shape index (κ1) is 13.5. The molecular formula is C13H26N2O. The van der Waals surface area contributed by atoms with Crippen molar-refractivity contribution in [2.24, 2.45) is 23.5 Å². The normalized spacial score (nSPS) is 27.8. The summed E-state index contributed by atoms with van der Waals surface area (Å²) in [7, 11) is 0. The number of nitrogens with two attached hydrogens (primary N) is 1. The predicted molar refractivity (Wildman–Crippen MR) is 66.9 cm³/mol. The lowest BCUT2D eigenvalue weighted by Crippen LogP contribution is -2.45. The van der Waals surface area contributed by atoms with E-state index >= 15 is 0 Å². The molecule has 1 saturated carbocycles. The van der Waals surface area contributed by atoms with Crippen LogP contribution in [-0.4, -0.2) is 18.5 Å². The summed E-state index contributed by atoms with van der Waals surface area (Å²) in [6, 6.07) is -0.359. The van der Waals surface area contributed by atoms with Crippen molar-refractivity contribution in [3.8, 4) is 0 Å². The Morgan fingerprint density at radius 2 is 1.88 bits per heavy atom. The van der Waals surface area contributed by atoms with Gasteiger partial charge in [0.2, 0.25) is 5.91 Å². The van der Waals surface area contributed by atoms with E-state index in [0.29, 0.717) is 5.92 Å². The molecule has 0 aliphatic heterocycles. The fourth-order valence-corrected chi connectivity index (χ4v) is 2.20. The van der Waals surface area contributed by atoms with E-state index in [1.54, 1.807) is 0 Å². The zero-order chi connectivity index (χ0) is 12.1. The van der Waals surface area contributed by atoms with E-state index in [-0.39, 0.29) is 17.9 Å². The molecule has 1 fully saturated rings. The zero-order valence-electron chi connectivity index (χ0n) is 10.8. The largest absolute Gasteiger partial charge is 0.354 e. The zero-order valence-corrected chi connectivity index (χ0v) is 10.8. The molecule has 0 aromatic heterocycles. The highest BCUT2D eigenvalue weighted by Gasteiger charge is 2.21. The second kappa shape index (κ2) is 6.24. The molecule has 94 valence electrons. The van der Waals surface area contributed by atoms with Crippen molar-refractivity contribution in [1.82, 2.24) is 5.32 Å². The van der Waals surface area contributed by atoms with Crippen molar-refractivity contribution >= 4 is 5.91 Å². The molecule has 0 heterocycles. The van der Waals surface area contributed by atoms with Crippen LogP contribution < -0.4 is 11.1 Å². The smallest absolute Gasteiger partial charge is 0.237 e. The van der Waals surface area contributed by atoms with E-state index in [9.17, 15) is 4.79 Å². The third kappa shape index (κ3) is 4.12. The van der Waals surface area contributed by atoms with Crippen LogP contribution in [0.3, 0.4) is 0 Å². The molecule has 0 bridgehead atoms. The second-order valence-electron chi connectivity index (χ2n) is 5.64. The van der Waals surface area contributed by atoms with Crippen molar-refractivity contribution in [3.63, 3.8) is 0 Å². The molecule has 1 atom stereocenters. The number of hydrogen-bond donors (Lipinski definition) is 2. The molecule has 16 heavy (non-hydrogen) atoms. The van der Waals surface area contributed by atoms with Crippen LogP contribution in [0.1, 0.15) is 46.5 Å². The first-order valence-corrected chi connectivity index (χ1v) is 6.54. The Morgan fingerprint density at radius 1 is 1.31 bits per heavy atom. The quantitative estimate of drug-likeness (QED) is 0.769. The summed E-state index contributed by atoms with van der Waals surface area (Å²) in [4.78, 5) is 11.7. The molecule has 0 radical (unpaired) electrons. The van der Waals surface area contributed by atoms with E-state index in [1.807, 2.05) is 13.8 Å². The number of rotatable bonds is 4. The van der Waals surface area contributed by atoms with Crippen LogP contribution in [0.15, 0.2) is 0 Å². The summed E-state index contributed by atoms with van der Waals surface area (Å²) >= 11 is 0. The molecule has 3 nitrogen and oxygen atoms in total. The number of carbonyl (C=O) groups is 1. The van der Waals surface area contributed by atoms with Crippen LogP contribution in [0.5, 0.6) is 0 Å². The van der Waals surface area contributed by atoms with Gasteiger partial charge in [0.05, 0.1) is 6.04 Å². The molecule has 0 spiro atoms.